The van der Waals surface area contributed by atoms with Crippen molar-refractivity contribution in [3.63, 3.8) is 0 Å². The van der Waals surface area contributed by atoms with Gasteiger partial charge < -0.3 is 15.2 Å². The van der Waals surface area contributed by atoms with Crippen LogP contribution in [0.15, 0.2) is 42.5 Å². The number of rotatable bonds is 3. The predicted octanol–water partition coefficient (Wildman–Crippen LogP) is 3.94. The summed E-state index contributed by atoms with van der Waals surface area (Å²) in [6, 6.07) is 8.34. The summed E-state index contributed by atoms with van der Waals surface area (Å²) in [4.78, 5) is 11.6. The molecule has 2 rings (SSSR count). The molecular formula is C15H12F3NO3. The van der Waals surface area contributed by atoms with Crippen molar-refractivity contribution in [2.45, 2.75) is 6.18 Å². The van der Waals surface area contributed by atoms with Gasteiger partial charge in [0.05, 0.1) is 23.9 Å². The molecule has 0 heterocycles. The van der Waals surface area contributed by atoms with Crippen LogP contribution in [0.25, 0.3) is 0 Å². The number of methoxy groups -OCH3 is 1. The molecule has 0 aliphatic heterocycles. The van der Waals surface area contributed by atoms with Crippen molar-refractivity contribution in [1.82, 2.24) is 0 Å². The van der Waals surface area contributed by atoms with Crippen LogP contribution in [0.5, 0.6) is 5.75 Å². The lowest BCUT2D eigenvalue weighted by molar-refractivity contribution is -0.137. The Morgan fingerprint density at radius 3 is 2.32 bits per heavy atom. The average molecular weight is 311 g/mol. The van der Waals surface area contributed by atoms with Gasteiger partial charge in [0.25, 0.3) is 0 Å². The quantitative estimate of drug-likeness (QED) is 0.666. The molecule has 0 unspecified atom stereocenters. The molecule has 0 radical (unpaired) electrons. The molecule has 0 aromatic heterocycles. The number of phenolic OH excluding ortho intramolecular Hbond substituents is 1. The average Bonchev–Trinajstić information content (AvgIpc) is 2.48. The fourth-order valence-corrected chi connectivity index (χ4v) is 1.82. The van der Waals surface area contributed by atoms with Gasteiger partial charge in [-0.25, -0.2) is 4.79 Å². The molecule has 0 spiro atoms. The van der Waals surface area contributed by atoms with Crippen LogP contribution in [0.1, 0.15) is 15.9 Å². The van der Waals surface area contributed by atoms with Gasteiger partial charge in [-0.15, -0.1) is 0 Å². The van der Waals surface area contributed by atoms with Gasteiger partial charge in [0.2, 0.25) is 0 Å². The molecule has 0 saturated carbocycles. The molecule has 4 nitrogen and oxygen atoms in total. The Morgan fingerprint density at radius 2 is 1.77 bits per heavy atom. The topological polar surface area (TPSA) is 58.6 Å². The van der Waals surface area contributed by atoms with Crippen LogP contribution in [0.3, 0.4) is 0 Å². The van der Waals surface area contributed by atoms with Crippen LogP contribution in [0, 0.1) is 0 Å². The van der Waals surface area contributed by atoms with Crippen molar-refractivity contribution in [3.8, 4) is 5.75 Å². The molecule has 0 aliphatic rings. The number of alkyl halides is 3. The number of hydrogen-bond acceptors (Lipinski definition) is 4. The van der Waals surface area contributed by atoms with Crippen molar-refractivity contribution in [2.24, 2.45) is 0 Å². The predicted molar refractivity (Wildman–Crippen MR) is 74.2 cm³/mol. The van der Waals surface area contributed by atoms with E-state index in [1.54, 1.807) is 0 Å². The Labute approximate surface area is 124 Å². The number of phenols is 1. The van der Waals surface area contributed by atoms with Crippen molar-refractivity contribution in [3.05, 3.63) is 53.6 Å². The van der Waals surface area contributed by atoms with E-state index in [-0.39, 0.29) is 11.3 Å². The third-order valence-corrected chi connectivity index (χ3v) is 2.90. The molecule has 0 fully saturated rings. The lowest BCUT2D eigenvalue weighted by Gasteiger charge is -2.12. The summed E-state index contributed by atoms with van der Waals surface area (Å²) in [6.45, 7) is 0. The smallest absolute Gasteiger partial charge is 0.416 e. The second-order valence-corrected chi connectivity index (χ2v) is 4.42. The highest BCUT2D eigenvalue weighted by Gasteiger charge is 2.29. The third kappa shape index (κ3) is 3.49. The monoisotopic (exact) mass is 311 g/mol. The van der Waals surface area contributed by atoms with Crippen LogP contribution >= 0.6 is 0 Å². The van der Waals surface area contributed by atoms with E-state index in [2.05, 4.69) is 10.1 Å². The van der Waals surface area contributed by atoms with Crippen LogP contribution in [-0.2, 0) is 10.9 Å². The number of carbonyl (C=O) groups is 1. The molecule has 22 heavy (non-hydrogen) atoms. The number of carbonyl (C=O) groups excluding carboxylic acids is 1. The number of benzene rings is 2. The summed E-state index contributed by atoms with van der Waals surface area (Å²) in [5, 5.41) is 12.2. The number of anilines is 2. The molecule has 7 heteroatoms. The van der Waals surface area contributed by atoms with Crippen LogP contribution in [0.4, 0.5) is 24.5 Å². The molecule has 2 aromatic rings. The molecule has 116 valence electrons. The first-order valence-corrected chi connectivity index (χ1v) is 6.17. The normalized spacial score (nSPS) is 11.1. The van der Waals surface area contributed by atoms with Crippen molar-refractivity contribution in [2.75, 3.05) is 12.4 Å². The Balaban J connectivity index is 2.29. The number of halogens is 3. The first kappa shape index (κ1) is 15.7. The second-order valence-electron chi connectivity index (χ2n) is 4.42. The minimum Gasteiger partial charge on any atom is -0.508 e. The number of hydrogen-bond donors (Lipinski definition) is 2. The summed E-state index contributed by atoms with van der Waals surface area (Å²) in [6.07, 6.45) is -4.41. The summed E-state index contributed by atoms with van der Waals surface area (Å²) in [5.74, 6) is -0.802. The summed E-state index contributed by atoms with van der Waals surface area (Å²) < 4.78 is 42.1. The molecule has 2 N–H and O–H groups in total. The molecule has 2 aromatic carbocycles. The van der Waals surface area contributed by atoms with E-state index in [0.717, 1.165) is 12.1 Å². The molecular weight excluding hydrogens is 299 g/mol. The first-order valence-electron chi connectivity index (χ1n) is 6.17. The number of ether oxygens (including phenoxy) is 1. The summed E-state index contributed by atoms with van der Waals surface area (Å²) in [5.41, 5.74) is -0.0207. The Hall–Kier alpha value is -2.70. The zero-order valence-electron chi connectivity index (χ0n) is 11.4. The van der Waals surface area contributed by atoms with Crippen LogP contribution in [-0.4, -0.2) is 18.2 Å². The van der Waals surface area contributed by atoms with E-state index in [1.807, 2.05) is 0 Å². The maximum atomic E-state index is 12.5. The van der Waals surface area contributed by atoms with Gasteiger partial charge >= 0.3 is 12.1 Å². The Morgan fingerprint density at radius 1 is 1.14 bits per heavy atom. The second kappa shape index (κ2) is 5.97. The lowest BCUT2D eigenvalue weighted by Crippen LogP contribution is -2.06. The van der Waals surface area contributed by atoms with E-state index in [0.29, 0.717) is 11.4 Å². The maximum absolute atomic E-state index is 12.5. The zero-order chi connectivity index (χ0) is 16.3. The standard InChI is InChI=1S/C15H12F3NO3/c1-22-14(21)12-8-11(20)6-7-13(12)19-10-4-2-9(3-5-10)15(16,17)18/h2-8,19-20H,1H3. The van der Waals surface area contributed by atoms with E-state index < -0.39 is 17.7 Å². The van der Waals surface area contributed by atoms with Gasteiger partial charge in [0, 0.05) is 5.69 Å². The number of aromatic hydroxyl groups is 1. The minimum absolute atomic E-state index is 0.0717. The molecule has 0 saturated heterocycles. The van der Waals surface area contributed by atoms with E-state index in [9.17, 15) is 23.1 Å². The van der Waals surface area contributed by atoms with E-state index in [1.165, 1.54) is 37.4 Å². The van der Waals surface area contributed by atoms with Gasteiger partial charge in [0.15, 0.2) is 0 Å². The van der Waals surface area contributed by atoms with Crippen molar-refractivity contribution < 1.29 is 27.8 Å². The molecule has 0 bridgehead atoms. The van der Waals surface area contributed by atoms with Crippen LogP contribution in [0.2, 0.25) is 0 Å². The van der Waals surface area contributed by atoms with Gasteiger partial charge in [-0.05, 0) is 42.5 Å². The zero-order valence-corrected chi connectivity index (χ0v) is 11.4. The molecule has 0 aliphatic carbocycles. The van der Waals surface area contributed by atoms with Gasteiger partial charge in [-0.1, -0.05) is 0 Å². The highest BCUT2D eigenvalue weighted by atomic mass is 19.4. The van der Waals surface area contributed by atoms with Crippen molar-refractivity contribution >= 4 is 17.3 Å². The summed E-state index contributed by atoms with van der Waals surface area (Å²) in [7, 11) is 1.19. The van der Waals surface area contributed by atoms with E-state index >= 15 is 0 Å². The summed E-state index contributed by atoms with van der Waals surface area (Å²) >= 11 is 0. The fraction of sp³-hybridized carbons (Fsp3) is 0.133. The third-order valence-electron chi connectivity index (χ3n) is 2.90. The van der Waals surface area contributed by atoms with E-state index in [4.69, 9.17) is 0 Å². The fourth-order valence-electron chi connectivity index (χ4n) is 1.82. The van der Waals surface area contributed by atoms with Gasteiger partial charge in [-0.2, -0.15) is 13.2 Å². The number of esters is 1. The number of nitrogens with one attached hydrogen (secondary N) is 1. The Kier molecular flexibility index (Phi) is 4.25. The van der Waals surface area contributed by atoms with Crippen LogP contribution < -0.4 is 5.32 Å². The minimum atomic E-state index is -4.41. The van der Waals surface area contributed by atoms with Gasteiger partial charge in [-0.3, -0.25) is 0 Å². The maximum Gasteiger partial charge on any atom is 0.416 e. The highest BCUT2D eigenvalue weighted by molar-refractivity contribution is 5.97. The molecule has 0 atom stereocenters. The van der Waals surface area contributed by atoms with Gasteiger partial charge in [0.1, 0.15) is 5.75 Å². The Bertz CT molecular complexity index is 681. The lowest BCUT2D eigenvalue weighted by atomic mass is 10.1. The SMILES string of the molecule is COC(=O)c1cc(O)ccc1Nc1ccc(C(F)(F)F)cc1. The molecule has 0 amide bonds. The first-order chi connectivity index (χ1) is 10.3. The van der Waals surface area contributed by atoms with Crippen molar-refractivity contribution in [1.29, 1.82) is 0 Å². The largest absolute Gasteiger partial charge is 0.508 e. The highest BCUT2D eigenvalue weighted by Crippen LogP contribution is 2.31.